The number of primary amides is 1. The summed E-state index contributed by atoms with van der Waals surface area (Å²) in [6, 6.07) is 3.44. The number of hydrogen-bond donors (Lipinski definition) is 3. The van der Waals surface area contributed by atoms with Crippen LogP contribution in [0.3, 0.4) is 0 Å². The van der Waals surface area contributed by atoms with Crippen LogP contribution in [0.4, 0.5) is 5.82 Å². The minimum Gasteiger partial charge on any atom is -0.455 e. The van der Waals surface area contributed by atoms with E-state index in [2.05, 4.69) is 22.2 Å². The number of nitrogens with zero attached hydrogens (tertiary/aromatic N) is 2. The molecule has 1 saturated heterocycles. The summed E-state index contributed by atoms with van der Waals surface area (Å²) in [6.07, 6.45) is 2.38. The summed E-state index contributed by atoms with van der Waals surface area (Å²) in [5.41, 5.74) is 5.53. The zero-order chi connectivity index (χ0) is 18.0. The Balaban J connectivity index is 1.69. The van der Waals surface area contributed by atoms with E-state index in [4.69, 9.17) is 10.2 Å². The molecule has 1 aliphatic heterocycles. The van der Waals surface area contributed by atoms with E-state index in [1.807, 2.05) is 4.90 Å². The van der Waals surface area contributed by atoms with Gasteiger partial charge in [0.1, 0.15) is 17.3 Å². The molecule has 0 unspecified atom stereocenters. The van der Waals surface area contributed by atoms with Gasteiger partial charge in [-0.3, -0.25) is 9.59 Å². The number of H-pyrrole nitrogens is 1. The van der Waals surface area contributed by atoms with Gasteiger partial charge in [-0.25, -0.2) is 4.98 Å². The number of nitrogens with one attached hydrogen (secondary N) is 2. The summed E-state index contributed by atoms with van der Waals surface area (Å²) in [5.74, 6) is 1.87. The fourth-order valence-corrected chi connectivity index (χ4v) is 2.99. The highest BCUT2D eigenvalue weighted by atomic mass is 16.4. The smallest absolute Gasteiger partial charge is 0.289 e. The molecule has 8 heteroatoms. The minimum atomic E-state index is -0.585. The third-order valence-corrected chi connectivity index (χ3v) is 4.52. The number of aromatic amines is 1. The maximum Gasteiger partial charge on any atom is 0.289 e. The molecule has 1 aliphatic rings. The van der Waals surface area contributed by atoms with Gasteiger partial charge in [-0.2, -0.15) is 0 Å². The lowest BCUT2D eigenvalue weighted by Crippen LogP contribution is -2.37. The van der Waals surface area contributed by atoms with Crippen molar-refractivity contribution in [3.05, 3.63) is 35.2 Å². The number of piperidine rings is 1. The normalized spacial score (nSPS) is 15.4. The zero-order valence-electron chi connectivity index (χ0n) is 14.5. The third-order valence-electron chi connectivity index (χ3n) is 4.52. The lowest BCUT2D eigenvalue weighted by atomic mass is 9.99. The number of hydrogen-bond acceptors (Lipinski definition) is 5. The van der Waals surface area contributed by atoms with Crippen molar-refractivity contribution in [3.63, 3.8) is 0 Å². The van der Waals surface area contributed by atoms with Gasteiger partial charge in [0.15, 0.2) is 11.6 Å². The second-order valence-corrected chi connectivity index (χ2v) is 6.44. The van der Waals surface area contributed by atoms with Crippen LogP contribution in [-0.4, -0.2) is 46.8 Å². The van der Waals surface area contributed by atoms with Crippen LogP contribution in [0.25, 0.3) is 0 Å². The quantitative estimate of drug-likeness (QED) is 0.761. The summed E-state index contributed by atoms with van der Waals surface area (Å²) in [5, 5.41) is 2.82. The van der Waals surface area contributed by atoms with Crippen LogP contribution < -0.4 is 11.1 Å². The van der Waals surface area contributed by atoms with Crippen molar-refractivity contribution in [1.82, 2.24) is 14.9 Å². The minimum absolute atomic E-state index is 0.0775. The maximum absolute atomic E-state index is 12.5. The lowest BCUT2D eigenvalue weighted by Gasteiger charge is -2.29. The van der Waals surface area contributed by atoms with E-state index in [1.165, 1.54) is 0 Å². The number of aromatic nitrogens is 2. The van der Waals surface area contributed by atoms with Gasteiger partial charge >= 0.3 is 0 Å². The van der Waals surface area contributed by atoms with E-state index in [-0.39, 0.29) is 11.6 Å². The molecular formula is C17H23N5O3. The van der Waals surface area contributed by atoms with Gasteiger partial charge in [-0.05, 0) is 30.9 Å². The average molecular weight is 345 g/mol. The van der Waals surface area contributed by atoms with Gasteiger partial charge in [0.05, 0.1) is 6.42 Å². The molecule has 0 aliphatic carbocycles. The predicted molar refractivity (Wildman–Crippen MR) is 92.5 cm³/mol. The van der Waals surface area contributed by atoms with Gasteiger partial charge in [0.2, 0.25) is 0 Å². The van der Waals surface area contributed by atoms with Crippen molar-refractivity contribution in [1.29, 1.82) is 0 Å². The van der Waals surface area contributed by atoms with Crippen molar-refractivity contribution >= 4 is 17.6 Å². The molecule has 8 nitrogen and oxygen atoms in total. The summed E-state index contributed by atoms with van der Waals surface area (Å²) in [6.45, 7) is 3.74. The van der Waals surface area contributed by atoms with Gasteiger partial charge < -0.3 is 25.4 Å². The van der Waals surface area contributed by atoms with Gasteiger partial charge in [-0.15, -0.1) is 0 Å². The Morgan fingerprint density at radius 1 is 1.40 bits per heavy atom. The monoisotopic (exact) mass is 345 g/mol. The second-order valence-electron chi connectivity index (χ2n) is 6.44. The summed E-state index contributed by atoms with van der Waals surface area (Å²) in [4.78, 5) is 32.9. The number of rotatable bonds is 5. The molecule has 0 saturated carbocycles. The zero-order valence-corrected chi connectivity index (χ0v) is 14.5. The van der Waals surface area contributed by atoms with Crippen LogP contribution in [0.15, 0.2) is 16.5 Å². The molecular weight excluding hydrogens is 322 g/mol. The summed E-state index contributed by atoms with van der Waals surface area (Å²) < 4.78 is 5.68. The molecule has 3 rings (SSSR count). The van der Waals surface area contributed by atoms with Crippen LogP contribution in [-0.2, 0) is 6.42 Å². The highest BCUT2D eigenvalue weighted by Gasteiger charge is 2.24. The van der Waals surface area contributed by atoms with Crippen molar-refractivity contribution in [2.75, 3.05) is 25.5 Å². The third kappa shape index (κ3) is 3.67. The Kier molecular flexibility index (Phi) is 4.78. The largest absolute Gasteiger partial charge is 0.455 e. The molecule has 0 spiro atoms. The van der Waals surface area contributed by atoms with Crippen LogP contribution in [0.5, 0.6) is 0 Å². The number of amides is 2. The summed E-state index contributed by atoms with van der Waals surface area (Å²) in [7, 11) is 1.66. The topological polar surface area (TPSA) is 117 Å². The van der Waals surface area contributed by atoms with E-state index in [1.54, 1.807) is 19.2 Å². The molecule has 1 fully saturated rings. The molecule has 4 N–H and O–H groups in total. The number of carbonyl (C=O) groups excluding carboxylic acids is 2. The standard InChI is InChI=1S/C17H23N5O3/c1-10-5-7-22(8-6-10)17(24)12-4-3-11(25-12)9-13-20-14(15(18)23)16(19-2)21-13/h3-4,10,19H,5-9H2,1-2H3,(H2,18,23)(H,20,21). The molecule has 25 heavy (non-hydrogen) atoms. The molecule has 2 aromatic rings. The van der Waals surface area contributed by atoms with E-state index < -0.39 is 5.91 Å². The Bertz CT molecular complexity index is 771. The first-order chi connectivity index (χ1) is 12.0. The number of imidazole rings is 1. The van der Waals surface area contributed by atoms with Crippen LogP contribution in [0, 0.1) is 5.92 Å². The van der Waals surface area contributed by atoms with Crippen molar-refractivity contribution < 1.29 is 14.0 Å². The fourth-order valence-electron chi connectivity index (χ4n) is 2.99. The lowest BCUT2D eigenvalue weighted by molar-refractivity contribution is 0.0663. The van der Waals surface area contributed by atoms with Crippen LogP contribution >= 0.6 is 0 Å². The van der Waals surface area contributed by atoms with E-state index in [0.717, 1.165) is 25.9 Å². The summed E-state index contributed by atoms with van der Waals surface area (Å²) >= 11 is 0. The number of likely N-dealkylation sites (tertiary alicyclic amines) is 1. The molecule has 0 atom stereocenters. The first-order valence-electron chi connectivity index (χ1n) is 8.42. The molecule has 0 aromatic carbocycles. The van der Waals surface area contributed by atoms with E-state index >= 15 is 0 Å². The molecule has 0 bridgehead atoms. The number of anilines is 1. The number of furan rings is 1. The molecule has 0 radical (unpaired) electrons. The van der Waals surface area contributed by atoms with Gasteiger partial charge in [-0.1, -0.05) is 6.92 Å². The Morgan fingerprint density at radius 2 is 2.12 bits per heavy atom. The number of nitrogens with two attached hydrogens (primary N) is 1. The van der Waals surface area contributed by atoms with Gasteiger partial charge in [0.25, 0.3) is 11.8 Å². The van der Waals surface area contributed by atoms with Crippen molar-refractivity contribution in [3.8, 4) is 0 Å². The first kappa shape index (κ1) is 17.1. The second kappa shape index (κ2) is 7.00. The molecule has 3 heterocycles. The van der Waals surface area contributed by atoms with Crippen molar-refractivity contribution in [2.45, 2.75) is 26.2 Å². The highest BCUT2D eigenvalue weighted by molar-refractivity contribution is 5.95. The van der Waals surface area contributed by atoms with E-state index in [9.17, 15) is 9.59 Å². The van der Waals surface area contributed by atoms with Crippen LogP contribution in [0.2, 0.25) is 0 Å². The molecule has 134 valence electrons. The Morgan fingerprint density at radius 3 is 2.72 bits per heavy atom. The molecule has 2 amide bonds. The highest BCUT2D eigenvalue weighted by Crippen LogP contribution is 2.20. The average Bonchev–Trinajstić information content (AvgIpc) is 3.22. The number of carbonyl (C=O) groups is 2. The molecule has 2 aromatic heterocycles. The predicted octanol–water partition coefficient (Wildman–Crippen LogP) is 1.61. The van der Waals surface area contributed by atoms with Crippen molar-refractivity contribution in [2.24, 2.45) is 11.7 Å². The fraction of sp³-hybridized carbons (Fsp3) is 0.471. The van der Waals surface area contributed by atoms with Gasteiger partial charge in [0, 0.05) is 20.1 Å². The van der Waals surface area contributed by atoms with Crippen LogP contribution in [0.1, 0.15) is 52.4 Å². The maximum atomic E-state index is 12.5. The van der Waals surface area contributed by atoms with E-state index in [0.29, 0.717) is 35.5 Å². The Hall–Kier alpha value is -2.77. The first-order valence-corrected chi connectivity index (χ1v) is 8.42. The SMILES string of the molecule is CNc1nc(Cc2ccc(C(=O)N3CCC(C)CC3)o2)[nH]c1C(N)=O. The Labute approximate surface area is 145 Å².